The van der Waals surface area contributed by atoms with Gasteiger partial charge in [0.2, 0.25) is 0 Å². The molecule has 0 saturated carbocycles. The fourth-order valence-electron chi connectivity index (χ4n) is 2.95. The Labute approximate surface area is 125 Å². The zero-order valence-electron chi connectivity index (χ0n) is 12.5. The van der Waals surface area contributed by atoms with Gasteiger partial charge in [0.05, 0.1) is 11.1 Å². The van der Waals surface area contributed by atoms with Crippen molar-refractivity contribution in [3.05, 3.63) is 41.6 Å². The molecule has 2 N–H and O–H groups in total. The van der Waals surface area contributed by atoms with Crippen LogP contribution in [-0.4, -0.2) is 29.5 Å². The number of carbonyl (C=O) groups is 1. The Hall–Kier alpha value is -1.94. The number of pyridine rings is 1. The molecule has 2 aromatic rings. The molecule has 0 aliphatic carbocycles. The summed E-state index contributed by atoms with van der Waals surface area (Å²) in [5.41, 5.74) is 2.39. The molecule has 2 heterocycles. The van der Waals surface area contributed by atoms with Gasteiger partial charge in [-0.1, -0.05) is 18.2 Å². The first-order valence-corrected chi connectivity index (χ1v) is 7.54. The number of rotatable bonds is 2. The van der Waals surface area contributed by atoms with E-state index in [-0.39, 0.29) is 11.9 Å². The lowest BCUT2D eigenvalue weighted by atomic mass is 10.00. The van der Waals surface area contributed by atoms with Crippen molar-refractivity contribution in [2.75, 3.05) is 6.54 Å². The number of nitrogens with zero attached hydrogens (tertiary/aromatic N) is 1. The predicted octanol–water partition coefficient (Wildman–Crippen LogP) is 2.41. The molecule has 1 aliphatic heterocycles. The minimum Gasteiger partial charge on any atom is -0.349 e. The molecule has 0 bridgehead atoms. The van der Waals surface area contributed by atoms with Crippen molar-refractivity contribution in [1.29, 1.82) is 0 Å². The van der Waals surface area contributed by atoms with E-state index in [1.165, 1.54) is 0 Å². The summed E-state index contributed by atoms with van der Waals surface area (Å²) in [6.07, 6.45) is 1.95. The van der Waals surface area contributed by atoms with Crippen LogP contribution in [0, 0.1) is 6.92 Å². The molecule has 1 aliphatic rings. The summed E-state index contributed by atoms with van der Waals surface area (Å²) >= 11 is 0. The monoisotopic (exact) mass is 283 g/mol. The third-order valence-electron chi connectivity index (χ3n) is 4.06. The van der Waals surface area contributed by atoms with E-state index in [1.54, 1.807) is 0 Å². The van der Waals surface area contributed by atoms with Crippen molar-refractivity contribution < 1.29 is 4.79 Å². The highest BCUT2D eigenvalue weighted by molar-refractivity contribution is 6.05. The standard InChI is InChI=1S/C17H21N3O/c1-11-6-7-13-4-3-5-15(16(13)19-11)17(21)20-14-8-9-18-12(2)10-14/h3-7,12,14,18H,8-10H2,1-2H3,(H,20,21). The number of aromatic nitrogens is 1. The van der Waals surface area contributed by atoms with E-state index in [9.17, 15) is 4.79 Å². The third-order valence-corrected chi connectivity index (χ3v) is 4.06. The van der Waals surface area contributed by atoms with Crippen LogP contribution in [0.2, 0.25) is 0 Å². The summed E-state index contributed by atoms with van der Waals surface area (Å²) in [6, 6.07) is 10.4. The number of amides is 1. The smallest absolute Gasteiger partial charge is 0.253 e. The average molecular weight is 283 g/mol. The maximum atomic E-state index is 12.6. The summed E-state index contributed by atoms with van der Waals surface area (Å²) < 4.78 is 0. The fraction of sp³-hybridized carbons (Fsp3) is 0.412. The summed E-state index contributed by atoms with van der Waals surface area (Å²) in [6.45, 7) is 5.06. The Morgan fingerprint density at radius 3 is 3.00 bits per heavy atom. The van der Waals surface area contributed by atoms with Gasteiger partial charge in [-0.2, -0.15) is 0 Å². The Kier molecular flexibility index (Phi) is 3.88. The molecule has 0 spiro atoms. The third kappa shape index (κ3) is 3.05. The van der Waals surface area contributed by atoms with Crippen LogP contribution in [0.1, 0.15) is 35.8 Å². The van der Waals surface area contributed by atoms with Gasteiger partial charge in [0, 0.05) is 23.2 Å². The number of fused-ring (bicyclic) bond motifs is 1. The number of aryl methyl sites for hydroxylation is 1. The lowest BCUT2D eigenvalue weighted by molar-refractivity contribution is 0.0927. The summed E-state index contributed by atoms with van der Waals surface area (Å²) in [7, 11) is 0. The van der Waals surface area contributed by atoms with Gasteiger partial charge in [0.25, 0.3) is 5.91 Å². The van der Waals surface area contributed by atoms with Gasteiger partial charge in [0.1, 0.15) is 0 Å². The maximum absolute atomic E-state index is 12.6. The number of nitrogens with one attached hydrogen (secondary N) is 2. The highest BCUT2D eigenvalue weighted by atomic mass is 16.1. The second-order valence-corrected chi connectivity index (χ2v) is 5.88. The largest absolute Gasteiger partial charge is 0.349 e. The van der Waals surface area contributed by atoms with Crippen LogP contribution in [0.15, 0.2) is 30.3 Å². The van der Waals surface area contributed by atoms with Crippen molar-refractivity contribution in [3.8, 4) is 0 Å². The molecular formula is C17H21N3O. The van der Waals surface area contributed by atoms with E-state index in [0.717, 1.165) is 36.0 Å². The van der Waals surface area contributed by atoms with Gasteiger partial charge < -0.3 is 10.6 Å². The van der Waals surface area contributed by atoms with E-state index < -0.39 is 0 Å². The van der Waals surface area contributed by atoms with Crippen LogP contribution in [0.25, 0.3) is 10.9 Å². The zero-order valence-corrected chi connectivity index (χ0v) is 12.5. The predicted molar refractivity (Wildman–Crippen MR) is 84.4 cm³/mol. The Bertz CT molecular complexity index is 668. The van der Waals surface area contributed by atoms with Gasteiger partial charge >= 0.3 is 0 Å². The number of hydrogen-bond acceptors (Lipinski definition) is 3. The van der Waals surface area contributed by atoms with Gasteiger partial charge in [-0.15, -0.1) is 0 Å². The number of piperidine rings is 1. The Balaban J connectivity index is 1.86. The normalized spacial score (nSPS) is 22.2. The molecule has 1 amide bonds. The van der Waals surface area contributed by atoms with Crippen molar-refractivity contribution in [3.63, 3.8) is 0 Å². The number of carbonyl (C=O) groups excluding carboxylic acids is 1. The SMILES string of the molecule is Cc1ccc2cccc(C(=O)NC3CCNC(C)C3)c2n1. The highest BCUT2D eigenvalue weighted by Crippen LogP contribution is 2.18. The summed E-state index contributed by atoms with van der Waals surface area (Å²) in [5, 5.41) is 7.56. The number of para-hydroxylation sites is 1. The molecule has 1 saturated heterocycles. The lowest BCUT2D eigenvalue weighted by Crippen LogP contribution is -2.46. The fourth-order valence-corrected chi connectivity index (χ4v) is 2.95. The highest BCUT2D eigenvalue weighted by Gasteiger charge is 2.21. The van der Waals surface area contributed by atoms with Gasteiger partial charge in [0.15, 0.2) is 0 Å². The first-order valence-electron chi connectivity index (χ1n) is 7.54. The molecule has 1 aromatic carbocycles. The molecular weight excluding hydrogens is 262 g/mol. The van der Waals surface area contributed by atoms with Crippen LogP contribution in [0.3, 0.4) is 0 Å². The lowest BCUT2D eigenvalue weighted by Gasteiger charge is -2.28. The Morgan fingerprint density at radius 2 is 2.19 bits per heavy atom. The minimum atomic E-state index is -0.0159. The van der Waals surface area contributed by atoms with Crippen LogP contribution in [-0.2, 0) is 0 Å². The molecule has 2 atom stereocenters. The Morgan fingerprint density at radius 1 is 1.33 bits per heavy atom. The number of benzene rings is 1. The van der Waals surface area contributed by atoms with Crippen molar-refractivity contribution in [2.24, 2.45) is 0 Å². The number of hydrogen-bond donors (Lipinski definition) is 2. The molecule has 110 valence electrons. The first-order chi connectivity index (χ1) is 10.1. The molecule has 2 unspecified atom stereocenters. The quantitative estimate of drug-likeness (QED) is 0.890. The van der Waals surface area contributed by atoms with Gasteiger partial charge in [-0.3, -0.25) is 9.78 Å². The molecule has 0 radical (unpaired) electrons. The molecule has 21 heavy (non-hydrogen) atoms. The van der Waals surface area contributed by atoms with Crippen LogP contribution < -0.4 is 10.6 Å². The second kappa shape index (κ2) is 5.82. The average Bonchev–Trinajstić information content (AvgIpc) is 2.46. The van der Waals surface area contributed by atoms with E-state index in [2.05, 4.69) is 22.5 Å². The van der Waals surface area contributed by atoms with E-state index in [0.29, 0.717) is 11.6 Å². The minimum absolute atomic E-state index is 0.0159. The van der Waals surface area contributed by atoms with E-state index in [4.69, 9.17) is 0 Å². The molecule has 1 aromatic heterocycles. The molecule has 3 rings (SSSR count). The van der Waals surface area contributed by atoms with Gasteiger partial charge in [-0.05, 0) is 45.4 Å². The van der Waals surface area contributed by atoms with Crippen LogP contribution >= 0.6 is 0 Å². The molecule has 4 heteroatoms. The molecule has 4 nitrogen and oxygen atoms in total. The maximum Gasteiger partial charge on any atom is 0.253 e. The van der Waals surface area contributed by atoms with E-state index >= 15 is 0 Å². The first kappa shape index (κ1) is 14.0. The summed E-state index contributed by atoms with van der Waals surface area (Å²) in [5.74, 6) is -0.0159. The van der Waals surface area contributed by atoms with E-state index in [1.807, 2.05) is 37.3 Å². The van der Waals surface area contributed by atoms with Gasteiger partial charge in [-0.25, -0.2) is 0 Å². The van der Waals surface area contributed by atoms with Crippen molar-refractivity contribution in [1.82, 2.24) is 15.6 Å². The van der Waals surface area contributed by atoms with Crippen LogP contribution in [0.5, 0.6) is 0 Å². The topological polar surface area (TPSA) is 54.0 Å². The molecule has 1 fully saturated rings. The van der Waals surface area contributed by atoms with Crippen LogP contribution in [0.4, 0.5) is 0 Å². The zero-order chi connectivity index (χ0) is 14.8. The summed E-state index contributed by atoms with van der Waals surface area (Å²) in [4.78, 5) is 17.1. The van der Waals surface area contributed by atoms with Crippen molar-refractivity contribution >= 4 is 16.8 Å². The van der Waals surface area contributed by atoms with Crippen molar-refractivity contribution in [2.45, 2.75) is 38.8 Å². The second-order valence-electron chi connectivity index (χ2n) is 5.88.